The third-order valence-corrected chi connectivity index (χ3v) is 2.88. The molecule has 0 saturated carbocycles. The number of nitrogens with zero attached hydrogens (tertiary/aromatic N) is 1. The lowest BCUT2D eigenvalue weighted by molar-refractivity contribution is -0.0460. The van der Waals surface area contributed by atoms with E-state index < -0.39 is 36.4 Å². The SMILES string of the molecule is O=c1[nH]c(=O)n([C@@H]2CC(O)[C@H](CO)O2)cc1CF. The first-order valence-corrected chi connectivity index (χ1v) is 5.41. The minimum atomic E-state index is -1.01. The molecule has 1 fully saturated rings. The van der Waals surface area contributed by atoms with Crippen LogP contribution in [0.2, 0.25) is 0 Å². The molecule has 1 saturated heterocycles. The third-order valence-electron chi connectivity index (χ3n) is 2.88. The molecule has 1 aromatic heterocycles. The van der Waals surface area contributed by atoms with Gasteiger partial charge in [0.05, 0.1) is 18.3 Å². The van der Waals surface area contributed by atoms with Gasteiger partial charge in [-0.25, -0.2) is 9.18 Å². The van der Waals surface area contributed by atoms with Gasteiger partial charge in [0.2, 0.25) is 0 Å². The summed E-state index contributed by atoms with van der Waals surface area (Å²) in [5.74, 6) is 0. The molecule has 3 N–H and O–H groups in total. The average molecular weight is 260 g/mol. The van der Waals surface area contributed by atoms with E-state index in [4.69, 9.17) is 9.84 Å². The molecule has 1 aromatic rings. The second kappa shape index (κ2) is 5.01. The van der Waals surface area contributed by atoms with Crippen molar-refractivity contribution in [3.05, 3.63) is 32.6 Å². The normalized spacial score (nSPS) is 27.6. The van der Waals surface area contributed by atoms with Crippen LogP contribution in [-0.4, -0.2) is 38.6 Å². The Bertz CT molecular complexity index is 540. The number of hydrogen-bond acceptors (Lipinski definition) is 5. The van der Waals surface area contributed by atoms with Gasteiger partial charge >= 0.3 is 5.69 Å². The summed E-state index contributed by atoms with van der Waals surface area (Å²) in [7, 11) is 0. The lowest BCUT2D eigenvalue weighted by atomic mass is 10.2. The van der Waals surface area contributed by atoms with Gasteiger partial charge in [0.25, 0.3) is 5.56 Å². The Kier molecular flexibility index (Phi) is 3.60. The second-order valence-electron chi connectivity index (χ2n) is 4.07. The maximum absolute atomic E-state index is 12.5. The van der Waals surface area contributed by atoms with Crippen LogP contribution in [0.1, 0.15) is 18.2 Å². The Hall–Kier alpha value is -1.51. The number of H-pyrrole nitrogens is 1. The van der Waals surface area contributed by atoms with E-state index in [-0.39, 0.29) is 18.6 Å². The summed E-state index contributed by atoms with van der Waals surface area (Å²) in [4.78, 5) is 24.7. The molecule has 0 spiro atoms. The third kappa shape index (κ3) is 2.22. The number of aromatic amines is 1. The Labute approximate surface area is 100 Å². The second-order valence-corrected chi connectivity index (χ2v) is 4.07. The van der Waals surface area contributed by atoms with Crippen LogP contribution in [0.15, 0.2) is 15.8 Å². The fourth-order valence-corrected chi connectivity index (χ4v) is 1.89. The minimum absolute atomic E-state index is 0.0862. The Balaban J connectivity index is 2.35. The van der Waals surface area contributed by atoms with Crippen molar-refractivity contribution < 1.29 is 19.3 Å². The summed E-state index contributed by atoms with van der Waals surface area (Å²) in [6.45, 7) is -1.39. The van der Waals surface area contributed by atoms with Crippen LogP contribution in [0.25, 0.3) is 0 Å². The van der Waals surface area contributed by atoms with Crippen molar-refractivity contribution >= 4 is 0 Å². The van der Waals surface area contributed by atoms with Gasteiger partial charge in [-0.15, -0.1) is 0 Å². The average Bonchev–Trinajstić information content (AvgIpc) is 2.70. The first-order valence-electron chi connectivity index (χ1n) is 5.41. The fraction of sp³-hybridized carbons (Fsp3) is 0.600. The molecule has 0 aliphatic carbocycles. The molecule has 18 heavy (non-hydrogen) atoms. The molecule has 100 valence electrons. The highest BCUT2D eigenvalue weighted by molar-refractivity contribution is 5.03. The van der Waals surface area contributed by atoms with Crippen LogP contribution in [0.3, 0.4) is 0 Å². The summed E-state index contributed by atoms with van der Waals surface area (Å²) in [6.07, 6.45) is -1.37. The van der Waals surface area contributed by atoms with Crippen LogP contribution in [0.5, 0.6) is 0 Å². The Morgan fingerprint density at radius 2 is 2.28 bits per heavy atom. The molecule has 2 heterocycles. The summed E-state index contributed by atoms with van der Waals surface area (Å²) in [5.41, 5.74) is -1.72. The Morgan fingerprint density at radius 3 is 2.83 bits per heavy atom. The summed E-state index contributed by atoms with van der Waals surface area (Å²) in [6, 6.07) is 0. The number of hydrogen-bond donors (Lipinski definition) is 3. The summed E-state index contributed by atoms with van der Waals surface area (Å²) < 4.78 is 18.8. The van der Waals surface area contributed by atoms with Crippen LogP contribution in [-0.2, 0) is 11.4 Å². The molecule has 0 aromatic carbocycles. The van der Waals surface area contributed by atoms with Crippen LogP contribution >= 0.6 is 0 Å². The predicted molar refractivity (Wildman–Crippen MR) is 57.8 cm³/mol. The van der Waals surface area contributed by atoms with Gasteiger partial charge < -0.3 is 14.9 Å². The molecular formula is C10H13FN2O5. The topological polar surface area (TPSA) is 105 Å². The van der Waals surface area contributed by atoms with Crippen LogP contribution < -0.4 is 11.2 Å². The maximum atomic E-state index is 12.5. The number of aromatic nitrogens is 2. The van der Waals surface area contributed by atoms with Crippen molar-refractivity contribution in [2.24, 2.45) is 0 Å². The van der Waals surface area contributed by atoms with Crippen molar-refractivity contribution in [3.63, 3.8) is 0 Å². The Morgan fingerprint density at radius 1 is 1.56 bits per heavy atom. The van der Waals surface area contributed by atoms with E-state index >= 15 is 0 Å². The molecular weight excluding hydrogens is 247 g/mol. The van der Waals surface area contributed by atoms with Crippen molar-refractivity contribution in [1.29, 1.82) is 0 Å². The number of alkyl halides is 1. The molecule has 3 atom stereocenters. The zero-order valence-corrected chi connectivity index (χ0v) is 9.38. The van der Waals surface area contributed by atoms with Gasteiger partial charge in [0.15, 0.2) is 0 Å². The first kappa shape index (κ1) is 12.9. The fourth-order valence-electron chi connectivity index (χ4n) is 1.89. The van der Waals surface area contributed by atoms with Crippen molar-refractivity contribution in [2.75, 3.05) is 6.61 Å². The monoisotopic (exact) mass is 260 g/mol. The van der Waals surface area contributed by atoms with Gasteiger partial charge in [0, 0.05) is 12.6 Å². The van der Waals surface area contributed by atoms with E-state index in [1.54, 1.807) is 0 Å². The molecule has 1 unspecified atom stereocenters. The summed E-state index contributed by atoms with van der Waals surface area (Å²) in [5, 5.41) is 18.5. The van der Waals surface area contributed by atoms with E-state index in [2.05, 4.69) is 0 Å². The maximum Gasteiger partial charge on any atom is 0.330 e. The van der Waals surface area contributed by atoms with Crippen LogP contribution in [0, 0.1) is 0 Å². The molecule has 1 aliphatic heterocycles. The molecule has 0 bridgehead atoms. The van der Waals surface area contributed by atoms with E-state index in [9.17, 15) is 19.1 Å². The number of halogens is 1. The van der Waals surface area contributed by atoms with Gasteiger partial charge in [-0.2, -0.15) is 0 Å². The van der Waals surface area contributed by atoms with E-state index in [1.165, 1.54) is 0 Å². The van der Waals surface area contributed by atoms with E-state index in [0.29, 0.717) is 0 Å². The molecule has 1 aliphatic rings. The van der Waals surface area contributed by atoms with Gasteiger partial charge in [-0.05, 0) is 0 Å². The molecule has 7 nitrogen and oxygen atoms in total. The van der Waals surface area contributed by atoms with Crippen LogP contribution in [0.4, 0.5) is 4.39 Å². The molecule has 0 radical (unpaired) electrons. The quantitative estimate of drug-likeness (QED) is 0.623. The van der Waals surface area contributed by atoms with Gasteiger partial charge in [-0.3, -0.25) is 14.3 Å². The number of rotatable bonds is 3. The zero-order chi connectivity index (χ0) is 13.3. The van der Waals surface area contributed by atoms with E-state index in [0.717, 1.165) is 10.8 Å². The number of aliphatic hydroxyl groups excluding tert-OH is 2. The highest BCUT2D eigenvalue weighted by atomic mass is 19.1. The molecule has 2 rings (SSSR count). The van der Waals surface area contributed by atoms with Crippen molar-refractivity contribution in [2.45, 2.75) is 31.5 Å². The molecule has 8 heteroatoms. The largest absolute Gasteiger partial charge is 0.394 e. The van der Waals surface area contributed by atoms with Crippen molar-refractivity contribution in [3.8, 4) is 0 Å². The summed E-state index contributed by atoms with van der Waals surface area (Å²) >= 11 is 0. The van der Waals surface area contributed by atoms with Crippen molar-refractivity contribution in [1.82, 2.24) is 9.55 Å². The highest BCUT2D eigenvalue weighted by Crippen LogP contribution is 2.27. The molecule has 0 amide bonds. The predicted octanol–water partition coefficient (Wildman–Crippen LogP) is -1.35. The lowest BCUT2D eigenvalue weighted by Gasteiger charge is -2.14. The number of ether oxygens (including phenoxy) is 1. The number of aliphatic hydroxyl groups is 2. The minimum Gasteiger partial charge on any atom is -0.394 e. The zero-order valence-electron chi connectivity index (χ0n) is 9.38. The highest BCUT2D eigenvalue weighted by Gasteiger charge is 2.35. The van der Waals surface area contributed by atoms with E-state index in [1.807, 2.05) is 4.98 Å². The van der Waals surface area contributed by atoms with Gasteiger partial charge in [0.1, 0.15) is 19.0 Å². The lowest BCUT2D eigenvalue weighted by Crippen LogP contribution is -2.34. The van der Waals surface area contributed by atoms with Gasteiger partial charge in [-0.1, -0.05) is 0 Å². The standard InChI is InChI=1S/C10H13FN2O5/c11-2-5-3-13(10(17)12-9(5)16)8-1-6(15)7(4-14)18-8/h3,6-8,14-15H,1-2,4H2,(H,12,16,17)/t6?,7-,8-/m0/s1. The smallest absolute Gasteiger partial charge is 0.330 e. The first-order chi connectivity index (χ1) is 8.56. The number of nitrogens with one attached hydrogen (secondary N) is 1.